The van der Waals surface area contributed by atoms with Crippen LogP contribution in [-0.2, 0) is 13.0 Å². The third-order valence-electron chi connectivity index (χ3n) is 4.33. The Morgan fingerprint density at radius 3 is 3.20 bits per heavy atom. The van der Waals surface area contributed by atoms with Gasteiger partial charge in [-0.1, -0.05) is 22.9 Å². The van der Waals surface area contributed by atoms with Crippen LogP contribution < -0.4 is 10.1 Å². The van der Waals surface area contributed by atoms with Gasteiger partial charge in [-0.05, 0) is 43.6 Å². The Morgan fingerprint density at radius 1 is 1.45 bits per heavy atom. The van der Waals surface area contributed by atoms with Crippen LogP contribution in [0.1, 0.15) is 30.9 Å². The minimum Gasteiger partial charge on any atom is -0.493 e. The molecule has 0 bridgehead atoms. The van der Waals surface area contributed by atoms with Gasteiger partial charge in [0.1, 0.15) is 5.75 Å². The van der Waals surface area contributed by atoms with E-state index in [1.165, 1.54) is 35.0 Å². The molecule has 110 valence electrons. The number of rotatable bonds is 5. The van der Waals surface area contributed by atoms with E-state index < -0.39 is 0 Å². The standard InChI is InChI=1S/C16H23BrN2O/c1-2-18-10-15-4-3-6-19(15)11-13-9-14(17)8-12-5-7-20-16(12)13/h8-9,15,18H,2-7,10-11H2,1H3. The van der Waals surface area contributed by atoms with Gasteiger partial charge in [0.15, 0.2) is 0 Å². The lowest BCUT2D eigenvalue weighted by atomic mass is 10.1. The SMILES string of the molecule is CCNCC1CCCN1Cc1cc(Br)cc2c1OCC2. The van der Waals surface area contributed by atoms with E-state index in [4.69, 9.17) is 4.74 Å². The lowest BCUT2D eigenvalue weighted by Crippen LogP contribution is -2.37. The summed E-state index contributed by atoms with van der Waals surface area (Å²) in [7, 11) is 0. The molecule has 4 heteroatoms. The van der Waals surface area contributed by atoms with Crippen molar-refractivity contribution in [3.63, 3.8) is 0 Å². The number of ether oxygens (including phenoxy) is 1. The molecule has 2 heterocycles. The van der Waals surface area contributed by atoms with Crippen LogP contribution in [0.4, 0.5) is 0 Å². The van der Waals surface area contributed by atoms with Crippen molar-refractivity contribution in [2.45, 2.75) is 38.8 Å². The maximum atomic E-state index is 5.85. The smallest absolute Gasteiger partial charge is 0.127 e. The fraction of sp³-hybridized carbons (Fsp3) is 0.625. The highest BCUT2D eigenvalue weighted by Crippen LogP contribution is 2.34. The Bertz CT molecular complexity index is 478. The Kier molecular flexibility index (Phi) is 4.64. The molecule has 1 saturated heterocycles. The van der Waals surface area contributed by atoms with Gasteiger partial charge in [-0.3, -0.25) is 4.90 Å². The number of fused-ring (bicyclic) bond motifs is 1. The Morgan fingerprint density at radius 2 is 2.35 bits per heavy atom. The van der Waals surface area contributed by atoms with Crippen molar-refractivity contribution in [1.29, 1.82) is 0 Å². The first-order valence-corrected chi connectivity index (χ1v) is 8.46. The quantitative estimate of drug-likeness (QED) is 0.893. The predicted molar refractivity (Wildman–Crippen MR) is 85.3 cm³/mol. The van der Waals surface area contributed by atoms with Crippen molar-refractivity contribution in [1.82, 2.24) is 10.2 Å². The predicted octanol–water partition coefficient (Wildman–Crippen LogP) is 2.96. The Hall–Kier alpha value is -0.580. The van der Waals surface area contributed by atoms with E-state index in [1.54, 1.807) is 0 Å². The molecule has 1 fully saturated rings. The van der Waals surface area contributed by atoms with Crippen LogP contribution in [0.2, 0.25) is 0 Å². The van der Waals surface area contributed by atoms with Gasteiger partial charge in [0.2, 0.25) is 0 Å². The van der Waals surface area contributed by atoms with E-state index in [0.29, 0.717) is 6.04 Å². The zero-order valence-electron chi connectivity index (χ0n) is 12.1. The van der Waals surface area contributed by atoms with Crippen molar-refractivity contribution in [3.05, 3.63) is 27.7 Å². The van der Waals surface area contributed by atoms with Crippen LogP contribution in [0.5, 0.6) is 5.75 Å². The third-order valence-corrected chi connectivity index (χ3v) is 4.79. The summed E-state index contributed by atoms with van der Waals surface area (Å²) in [4.78, 5) is 2.60. The lowest BCUT2D eigenvalue weighted by Gasteiger charge is -2.25. The van der Waals surface area contributed by atoms with E-state index in [0.717, 1.165) is 38.4 Å². The minimum absolute atomic E-state index is 0.672. The summed E-state index contributed by atoms with van der Waals surface area (Å²) in [5, 5.41) is 3.49. The number of likely N-dealkylation sites (N-methyl/N-ethyl adjacent to an activating group) is 1. The average molecular weight is 339 g/mol. The fourth-order valence-corrected chi connectivity index (χ4v) is 3.88. The van der Waals surface area contributed by atoms with Gasteiger partial charge in [0.05, 0.1) is 6.61 Å². The molecule has 0 spiro atoms. The maximum Gasteiger partial charge on any atom is 0.127 e. The zero-order chi connectivity index (χ0) is 13.9. The summed E-state index contributed by atoms with van der Waals surface area (Å²) in [5.41, 5.74) is 2.70. The molecule has 0 saturated carbocycles. The maximum absolute atomic E-state index is 5.85. The van der Waals surface area contributed by atoms with Crippen LogP contribution in [0.25, 0.3) is 0 Å². The van der Waals surface area contributed by atoms with Crippen LogP contribution in [0.15, 0.2) is 16.6 Å². The number of halogens is 1. The minimum atomic E-state index is 0.672. The summed E-state index contributed by atoms with van der Waals surface area (Å²) in [6.07, 6.45) is 3.67. The van der Waals surface area contributed by atoms with Gasteiger partial charge >= 0.3 is 0 Å². The lowest BCUT2D eigenvalue weighted by molar-refractivity contribution is 0.236. The van der Waals surface area contributed by atoms with E-state index in [2.05, 4.69) is 45.2 Å². The molecule has 2 aliphatic heterocycles. The first-order chi connectivity index (χ1) is 9.78. The van der Waals surface area contributed by atoms with E-state index in [-0.39, 0.29) is 0 Å². The average Bonchev–Trinajstić information content (AvgIpc) is 3.05. The molecule has 0 aromatic heterocycles. The summed E-state index contributed by atoms with van der Waals surface area (Å²) < 4.78 is 7.03. The number of hydrogen-bond acceptors (Lipinski definition) is 3. The van der Waals surface area contributed by atoms with Crippen LogP contribution in [-0.4, -0.2) is 37.2 Å². The molecule has 0 radical (unpaired) electrons. The van der Waals surface area contributed by atoms with Gasteiger partial charge in [-0.25, -0.2) is 0 Å². The highest BCUT2D eigenvalue weighted by molar-refractivity contribution is 9.10. The Labute approximate surface area is 129 Å². The van der Waals surface area contributed by atoms with Gasteiger partial charge in [-0.15, -0.1) is 0 Å². The second kappa shape index (κ2) is 6.46. The summed E-state index contributed by atoms with van der Waals surface area (Å²) in [6.45, 7) is 7.39. The molecule has 3 nitrogen and oxygen atoms in total. The monoisotopic (exact) mass is 338 g/mol. The van der Waals surface area contributed by atoms with E-state index in [1.807, 2.05) is 0 Å². The summed E-state index contributed by atoms with van der Waals surface area (Å²) in [6, 6.07) is 5.10. The van der Waals surface area contributed by atoms with Crippen molar-refractivity contribution < 1.29 is 4.74 Å². The zero-order valence-corrected chi connectivity index (χ0v) is 13.7. The molecule has 1 aromatic carbocycles. The van der Waals surface area contributed by atoms with Crippen molar-refractivity contribution in [3.8, 4) is 5.75 Å². The fourth-order valence-electron chi connectivity index (χ4n) is 3.33. The summed E-state index contributed by atoms with van der Waals surface area (Å²) in [5.74, 6) is 1.14. The molecule has 2 aliphatic rings. The molecule has 0 amide bonds. The van der Waals surface area contributed by atoms with Crippen LogP contribution in [0, 0.1) is 0 Å². The number of hydrogen-bond donors (Lipinski definition) is 1. The number of likely N-dealkylation sites (tertiary alicyclic amines) is 1. The van der Waals surface area contributed by atoms with Crippen LogP contribution >= 0.6 is 15.9 Å². The highest BCUT2D eigenvalue weighted by Gasteiger charge is 2.26. The largest absolute Gasteiger partial charge is 0.493 e. The number of nitrogens with zero attached hydrogens (tertiary/aromatic N) is 1. The molecule has 20 heavy (non-hydrogen) atoms. The van der Waals surface area contributed by atoms with Crippen molar-refractivity contribution in [2.24, 2.45) is 0 Å². The first-order valence-electron chi connectivity index (χ1n) is 7.66. The molecule has 0 aliphatic carbocycles. The van der Waals surface area contributed by atoms with E-state index in [9.17, 15) is 0 Å². The van der Waals surface area contributed by atoms with Gasteiger partial charge < -0.3 is 10.1 Å². The van der Waals surface area contributed by atoms with Gasteiger partial charge in [0, 0.05) is 35.6 Å². The van der Waals surface area contributed by atoms with Crippen molar-refractivity contribution in [2.75, 3.05) is 26.2 Å². The van der Waals surface area contributed by atoms with Gasteiger partial charge in [0.25, 0.3) is 0 Å². The molecule has 3 rings (SSSR count). The third kappa shape index (κ3) is 3.02. The topological polar surface area (TPSA) is 24.5 Å². The van der Waals surface area contributed by atoms with Gasteiger partial charge in [-0.2, -0.15) is 0 Å². The molecule has 1 N–H and O–H groups in total. The Balaban J connectivity index is 1.74. The molecular weight excluding hydrogens is 316 g/mol. The second-order valence-corrected chi connectivity index (χ2v) is 6.64. The van der Waals surface area contributed by atoms with Crippen molar-refractivity contribution >= 4 is 15.9 Å². The van der Waals surface area contributed by atoms with Crippen LogP contribution in [0.3, 0.4) is 0 Å². The first kappa shape index (κ1) is 14.4. The normalized spacial score (nSPS) is 22.0. The highest BCUT2D eigenvalue weighted by atomic mass is 79.9. The second-order valence-electron chi connectivity index (χ2n) is 5.73. The number of nitrogens with one attached hydrogen (secondary N) is 1. The summed E-state index contributed by atoms with van der Waals surface area (Å²) >= 11 is 3.64. The molecule has 1 atom stereocenters. The molecular formula is C16H23BrN2O. The molecule has 1 unspecified atom stereocenters. The molecule has 1 aromatic rings. The number of benzene rings is 1. The van der Waals surface area contributed by atoms with E-state index >= 15 is 0 Å².